The number of hydrogen-bond acceptors (Lipinski definition) is 2. The van der Waals surface area contributed by atoms with Gasteiger partial charge in [0.25, 0.3) is 0 Å². The largest absolute Gasteiger partial charge is 0.396 e. The van der Waals surface area contributed by atoms with Crippen LogP contribution in [0.2, 0.25) is 0 Å². The average Bonchev–Trinajstić information content (AvgIpc) is 2.86. The Balaban J connectivity index is 2.29. The van der Waals surface area contributed by atoms with Gasteiger partial charge in [0.15, 0.2) is 5.96 Å². The lowest BCUT2D eigenvalue weighted by Crippen LogP contribution is -2.42. The number of nitrogens with two attached hydrogens (primary N) is 1. The van der Waals surface area contributed by atoms with Crippen molar-refractivity contribution in [3.05, 3.63) is 0 Å². The van der Waals surface area contributed by atoms with Crippen molar-refractivity contribution in [2.75, 3.05) is 6.61 Å². The smallest absolute Gasteiger partial charge is 0.189 e. The minimum Gasteiger partial charge on any atom is -0.396 e. The molecule has 13 heavy (non-hydrogen) atoms. The lowest BCUT2D eigenvalue weighted by Gasteiger charge is -2.19. The SMILES string of the molecule is CC(CO)C(C)NC(N)=NC1CC1. The third kappa shape index (κ3) is 3.63. The van der Waals surface area contributed by atoms with Crippen molar-refractivity contribution < 1.29 is 5.11 Å². The van der Waals surface area contributed by atoms with Crippen LogP contribution in [0.25, 0.3) is 0 Å². The molecule has 4 heteroatoms. The Morgan fingerprint density at radius 1 is 1.62 bits per heavy atom. The number of aliphatic hydroxyl groups excluding tert-OH is 1. The number of hydrogen-bond donors (Lipinski definition) is 3. The first-order valence-corrected chi connectivity index (χ1v) is 4.84. The third-order valence-electron chi connectivity index (χ3n) is 2.39. The maximum absolute atomic E-state index is 8.89. The van der Waals surface area contributed by atoms with Crippen LogP contribution in [0.15, 0.2) is 4.99 Å². The minimum atomic E-state index is 0.172. The molecule has 2 unspecified atom stereocenters. The Morgan fingerprint density at radius 2 is 2.23 bits per heavy atom. The van der Waals surface area contributed by atoms with Crippen molar-refractivity contribution >= 4 is 5.96 Å². The Hall–Kier alpha value is -0.770. The van der Waals surface area contributed by atoms with Crippen molar-refractivity contribution in [3.8, 4) is 0 Å². The molecule has 0 bridgehead atoms. The predicted molar refractivity (Wildman–Crippen MR) is 53.5 cm³/mol. The predicted octanol–water partition coefficient (Wildman–Crippen LogP) is 0.0700. The topological polar surface area (TPSA) is 70.6 Å². The fourth-order valence-electron chi connectivity index (χ4n) is 0.971. The van der Waals surface area contributed by atoms with Crippen LogP contribution in [0.3, 0.4) is 0 Å². The van der Waals surface area contributed by atoms with Gasteiger partial charge in [0, 0.05) is 12.6 Å². The maximum atomic E-state index is 8.89. The van der Waals surface area contributed by atoms with Crippen LogP contribution in [-0.4, -0.2) is 29.8 Å². The van der Waals surface area contributed by atoms with Crippen LogP contribution >= 0.6 is 0 Å². The van der Waals surface area contributed by atoms with Gasteiger partial charge in [-0.05, 0) is 25.7 Å². The minimum absolute atomic E-state index is 0.172. The van der Waals surface area contributed by atoms with E-state index in [0.717, 1.165) is 12.8 Å². The van der Waals surface area contributed by atoms with Crippen LogP contribution < -0.4 is 11.1 Å². The van der Waals surface area contributed by atoms with E-state index >= 15 is 0 Å². The highest BCUT2D eigenvalue weighted by atomic mass is 16.3. The Bertz CT molecular complexity index is 189. The van der Waals surface area contributed by atoms with Gasteiger partial charge in [-0.2, -0.15) is 0 Å². The zero-order chi connectivity index (χ0) is 9.84. The molecule has 0 aromatic carbocycles. The molecule has 4 nitrogen and oxygen atoms in total. The average molecular weight is 185 g/mol. The van der Waals surface area contributed by atoms with E-state index in [1.807, 2.05) is 13.8 Å². The zero-order valence-corrected chi connectivity index (χ0v) is 8.33. The molecule has 0 radical (unpaired) electrons. The van der Waals surface area contributed by atoms with Gasteiger partial charge in [0.1, 0.15) is 0 Å². The molecule has 0 aromatic heterocycles. The molecule has 1 fully saturated rings. The van der Waals surface area contributed by atoms with Gasteiger partial charge in [-0.1, -0.05) is 6.92 Å². The summed E-state index contributed by atoms with van der Waals surface area (Å²) in [5.74, 6) is 0.711. The summed E-state index contributed by atoms with van der Waals surface area (Å²) in [5.41, 5.74) is 5.67. The molecule has 1 saturated carbocycles. The highest BCUT2D eigenvalue weighted by Crippen LogP contribution is 2.22. The summed E-state index contributed by atoms with van der Waals surface area (Å²) >= 11 is 0. The third-order valence-corrected chi connectivity index (χ3v) is 2.39. The van der Waals surface area contributed by atoms with E-state index < -0.39 is 0 Å². The van der Waals surface area contributed by atoms with E-state index in [1.165, 1.54) is 0 Å². The van der Waals surface area contributed by atoms with Gasteiger partial charge in [-0.15, -0.1) is 0 Å². The van der Waals surface area contributed by atoms with E-state index in [2.05, 4.69) is 10.3 Å². The molecular weight excluding hydrogens is 166 g/mol. The number of guanidine groups is 1. The Morgan fingerprint density at radius 3 is 2.69 bits per heavy atom. The van der Waals surface area contributed by atoms with Crippen LogP contribution in [-0.2, 0) is 0 Å². The summed E-state index contributed by atoms with van der Waals surface area (Å²) in [7, 11) is 0. The fraction of sp³-hybridized carbons (Fsp3) is 0.889. The summed E-state index contributed by atoms with van der Waals surface area (Å²) in [6, 6.07) is 0.622. The number of nitrogens with zero attached hydrogens (tertiary/aromatic N) is 1. The second-order valence-corrected chi connectivity index (χ2v) is 3.84. The van der Waals surface area contributed by atoms with E-state index in [1.54, 1.807) is 0 Å². The molecule has 4 N–H and O–H groups in total. The molecule has 0 aromatic rings. The Kier molecular flexibility index (Phi) is 3.54. The first-order chi connectivity index (χ1) is 6.13. The second-order valence-electron chi connectivity index (χ2n) is 3.84. The standard InChI is InChI=1S/C9H19N3O/c1-6(5-13)7(2)11-9(10)12-8-3-4-8/h6-8,13H,3-5H2,1-2H3,(H3,10,11,12). The normalized spacial score (nSPS) is 22.5. The van der Waals surface area contributed by atoms with Crippen LogP contribution in [0.1, 0.15) is 26.7 Å². The molecule has 0 heterocycles. The molecule has 0 amide bonds. The van der Waals surface area contributed by atoms with E-state index in [0.29, 0.717) is 12.0 Å². The quantitative estimate of drug-likeness (QED) is 0.429. The van der Waals surface area contributed by atoms with Crippen LogP contribution in [0.4, 0.5) is 0 Å². The van der Waals surface area contributed by atoms with Crippen LogP contribution in [0.5, 0.6) is 0 Å². The molecule has 0 saturated heterocycles. The highest BCUT2D eigenvalue weighted by Gasteiger charge is 2.21. The number of aliphatic hydroxyl groups is 1. The monoisotopic (exact) mass is 185 g/mol. The molecule has 1 aliphatic rings. The summed E-state index contributed by atoms with van der Waals surface area (Å²) in [6.45, 7) is 4.14. The molecule has 1 aliphatic carbocycles. The number of aliphatic imine (C=N–C) groups is 1. The molecule has 0 aliphatic heterocycles. The Labute approximate surface area is 79.2 Å². The lowest BCUT2D eigenvalue weighted by atomic mass is 10.1. The van der Waals surface area contributed by atoms with Crippen LogP contribution in [0, 0.1) is 5.92 Å². The lowest BCUT2D eigenvalue weighted by molar-refractivity contribution is 0.215. The van der Waals surface area contributed by atoms with Crippen molar-refractivity contribution in [3.63, 3.8) is 0 Å². The molecular formula is C9H19N3O. The maximum Gasteiger partial charge on any atom is 0.189 e. The highest BCUT2D eigenvalue weighted by molar-refractivity contribution is 5.78. The van der Waals surface area contributed by atoms with Gasteiger partial charge < -0.3 is 16.2 Å². The summed E-state index contributed by atoms with van der Waals surface area (Å²) in [6.07, 6.45) is 2.32. The zero-order valence-electron chi connectivity index (χ0n) is 8.33. The molecule has 2 atom stereocenters. The van der Waals surface area contributed by atoms with Crippen molar-refractivity contribution in [1.29, 1.82) is 0 Å². The molecule has 1 rings (SSSR count). The van der Waals surface area contributed by atoms with Gasteiger partial charge >= 0.3 is 0 Å². The van der Waals surface area contributed by atoms with Gasteiger partial charge in [0.05, 0.1) is 6.04 Å². The number of nitrogens with one attached hydrogen (secondary N) is 1. The first kappa shape index (κ1) is 10.3. The van der Waals surface area contributed by atoms with Gasteiger partial charge in [-0.25, -0.2) is 0 Å². The first-order valence-electron chi connectivity index (χ1n) is 4.84. The molecule has 0 spiro atoms. The van der Waals surface area contributed by atoms with Crippen molar-refractivity contribution in [1.82, 2.24) is 5.32 Å². The van der Waals surface area contributed by atoms with E-state index in [-0.39, 0.29) is 18.6 Å². The second kappa shape index (κ2) is 4.46. The summed E-state index contributed by atoms with van der Waals surface area (Å²) in [5, 5.41) is 12.0. The van der Waals surface area contributed by atoms with Gasteiger partial charge in [-0.3, -0.25) is 4.99 Å². The van der Waals surface area contributed by atoms with Crippen molar-refractivity contribution in [2.24, 2.45) is 16.6 Å². The molecule has 76 valence electrons. The number of rotatable bonds is 4. The van der Waals surface area contributed by atoms with Gasteiger partial charge in [0.2, 0.25) is 0 Å². The summed E-state index contributed by atoms with van der Waals surface area (Å²) < 4.78 is 0. The van der Waals surface area contributed by atoms with Crippen molar-refractivity contribution in [2.45, 2.75) is 38.8 Å². The van der Waals surface area contributed by atoms with E-state index in [4.69, 9.17) is 10.8 Å². The fourth-order valence-corrected chi connectivity index (χ4v) is 0.971. The summed E-state index contributed by atoms with van der Waals surface area (Å²) in [4.78, 5) is 4.25. The van der Waals surface area contributed by atoms with E-state index in [9.17, 15) is 0 Å².